The number of ether oxygens (including phenoxy) is 1. The second kappa shape index (κ2) is 11.1. The summed E-state index contributed by atoms with van der Waals surface area (Å²) in [5.74, 6) is 1.92. The maximum Gasteiger partial charge on any atom is 0.191 e. The third-order valence-electron chi connectivity index (χ3n) is 5.48. The molecule has 2 heterocycles. The summed E-state index contributed by atoms with van der Waals surface area (Å²) in [5, 5.41) is 6.92. The first-order valence-electron chi connectivity index (χ1n) is 10.2. The highest BCUT2D eigenvalue weighted by molar-refractivity contribution is 14.0. The van der Waals surface area contributed by atoms with E-state index in [9.17, 15) is 0 Å². The molecule has 0 spiro atoms. The van der Waals surface area contributed by atoms with Gasteiger partial charge in [0.2, 0.25) is 0 Å². The average molecular weight is 514 g/mol. The average Bonchev–Trinajstić information content (AvgIpc) is 3.03. The van der Waals surface area contributed by atoms with Gasteiger partial charge in [-0.15, -0.1) is 24.0 Å². The fourth-order valence-electron chi connectivity index (χ4n) is 3.72. The fourth-order valence-corrected chi connectivity index (χ4v) is 3.72. The lowest BCUT2D eigenvalue weighted by Gasteiger charge is -2.41. The molecular formula is C21H35IN6O. The highest BCUT2D eigenvalue weighted by Crippen LogP contribution is 2.16. The van der Waals surface area contributed by atoms with Gasteiger partial charge < -0.3 is 19.9 Å². The topological polar surface area (TPSA) is 66.7 Å². The monoisotopic (exact) mass is 514 g/mol. The third-order valence-corrected chi connectivity index (χ3v) is 5.48. The zero-order valence-corrected chi connectivity index (χ0v) is 20.4. The number of imidazole rings is 1. The quantitative estimate of drug-likeness (QED) is 0.258. The van der Waals surface area contributed by atoms with Gasteiger partial charge in [0, 0.05) is 45.3 Å². The number of aliphatic imine (C=N–C) groups is 1. The molecule has 0 atom stereocenters. The molecule has 3 rings (SSSR count). The Balaban J connectivity index is 0.00000300. The highest BCUT2D eigenvalue weighted by Gasteiger charge is 2.28. The zero-order chi connectivity index (χ0) is 20.0. The maximum atomic E-state index is 5.47. The first-order valence-corrected chi connectivity index (χ1v) is 10.2. The summed E-state index contributed by atoms with van der Waals surface area (Å²) < 4.78 is 7.75. The van der Waals surface area contributed by atoms with Crippen LogP contribution in [-0.2, 0) is 11.3 Å². The van der Waals surface area contributed by atoms with Crippen LogP contribution in [0.4, 0.5) is 0 Å². The molecule has 0 bridgehead atoms. The Kier molecular flexibility index (Phi) is 9.16. The second-order valence-electron chi connectivity index (χ2n) is 7.92. The van der Waals surface area contributed by atoms with Crippen molar-refractivity contribution < 1.29 is 4.74 Å². The number of nitrogens with one attached hydrogen (secondary N) is 2. The van der Waals surface area contributed by atoms with Gasteiger partial charge in [-0.25, -0.2) is 4.98 Å². The highest BCUT2D eigenvalue weighted by atomic mass is 127. The molecule has 2 aromatic rings. The van der Waals surface area contributed by atoms with Crippen molar-refractivity contribution in [3.63, 3.8) is 0 Å². The van der Waals surface area contributed by atoms with Crippen molar-refractivity contribution in [2.24, 2.45) is 4.99 Å². The van der Waals surface area contributed by atoms with Gasteiger partial charge in [0.05, 0.1) is 24.2 Å². The molecule has 0 unspecified atom stereocenters. The summed E-state index contributed by atoms with van der Waals surface area (Å²) in [5.41, 5.74) is 2.33. The van der Waals surface area contributed by atoms with Gasteiger partial charge >= 0.3 is 0 Å². The third kappa shape index (κ3) is 6.29. The minimum Gasteiger partial charge on any atom is -0.379 e. The lowest BCUT2D eigenvalue weighted by atomic mass is 10.0. The zero-order valence-electron chi connectivity index (χ0n) is 18.1. The van der Waals surface area contributed by atoms with Crippen LogP contribution in [0.25, 0.3) is 11.0 Å². The number of aromatic nitrogens is 2. The molecule has 1 aromatic carbocycles. The van der Waals surface area contributed by atoms with E-state index in [0.717, 1.165) is 69.7 Å². The number of aryl methyl sites for hydroxylation is 2. The van der Waals surface area contributed by atoms with Crippen molar-refractivity contribution in [3.8, 4) is 0 Å². The first-order chi connectivity index (χ1) is 13.5. The number of para-hydroxylation sites is 2. The molecule has 162 valence electrons. The molecule has 0 amide bonds. The van der Waals surface area contributed by atoms with Gasteiger partial charge in [-0.1, -0.05) is 12.1 Å². The lowest BCUT2D eigenvalue weighted by Crippen LogP contribution is -2.56. The molecule has 8 heteroatoms. The SMILES string of the molecule is CN=C(NCCCn1c(C)nc2ccccc21)NCC(C)(C)N1CCOCC1.I. The Morgan fingerprint density at radius 2 is 1.93 bits per heavy atom. The number of nitrogens with zero attached hydrogens (tertiary/aromatic N) is 4. The Bertz CT molecular complexity index is 798. The molecule has 0 saturated carbocycles. The number of halogens is 1. The van der Waals surface area contributed by atoms with E-state index in [1.165, 1.54) is 5.52 Å². The minimum atomic E-state index is 0. The van der Waals surface area contributed by atoms with Crippen LogP contribution in [0.1, 0.15) is 26.1 Å². The molecule has 29 heavy (non-hydrogen) atoms. The van der Waals surface area contributed by atoms with Crippen molar-refractivity contribution in [2.75, 3.05) is 46.4 Å². The first kappa shape index (κ1) is 23.9. The normalized spacial score (nSPS) is 15.9. The molecule has 7 nitrogen and oxygen atoms in total. The molecule has 1 aromatic heterocycles. The van der Waals surface area contributed by atoms with E-state index in [-0.39, 0.29) is 29.5 Å². The van der Waals surface area contributed by atoms with E-state index < -0.39 is 0 Å². The molecule has 0 radical (unpaired) electrons. The fraction of sp³-hybridized carbons (Fsp3) is 0.619. The number of hydrogen-bond acceptors (Lipinski definition) is 4. The number of hydrogen-bond donors (Lipinski definition) is 2. The largest absolute Gasteiger partial charge is 0.379 e. The van der Waals surface area contributed by atoms with Gasteiger partial charge in [0.15, 0.2) is 5.96 Å². The number of morpholine rings is 1. The van der Waals surface area contributed by atoms with Gasteiger partial charge in [0.1, 0.15) is 5.82 Å². The lowest BCUT2D eigenvalue weighted by molar-refractivity contribution is -0.00833. The summed E-state index contributed by atoms with van der Waals surface area (Å²) in [7, 11) is 1.82. The van der Waals surface area contributed by atoms with Crippen LogP contribution in [0.3, 0.4) is 0 Å². The van der Waals surface area contributed by atoms with Crippen molar-refractivity contribution >= 4 is 41.0 Å². The summed E-state index contributed by atoms with van der Waals surface area (Å²) in [6.07, 6.45) is 1.01. The van der Waals surface area contributed by atoms with Crippen LogP contribution in [0.2, 0.25) is 0 Å². The number of rotatable bonds is 7. The Labute approximate surface area is 191 Å². The van der Waals surface area contributed by atoms with Crippen molar-refractivity contribution in [3.05, 3.63) is 30.1 Å². The second-order valence-corrected chi connectivity index (χ2v) is 7.92. The van der Waals surface area contributed by atoms with Gasteiger partial charge in [-0.2, -0.15) is 0 Å². The smallest absolute Gasteiger partial charge is 0.191 e. The van der Waals surface area contributed by atoms with E-state index in [0.29, 0.717) is 0 Å². The molecule has 1 aliphatic heterocycles. The predicted octanol–water partition coefficient (Wildman–Crippen LogP) is 2.63. The van der Waals surface area contributed by atoms with Crippen LogP contribution >= 0.6 is 24.0 Å². The molecule has 1 saturated heterocycles. The molecule has 2 N–H and O–H groups in total. The number of benzene rings is 1. The number of guanidine groups is 1. The Morgan fingerprint density at radius 3 is 2.66 bits per heavy atom. The summed E-state index contributed by atoms with van der Waals surface area (Å²) >= 11 is 0. The van der Waals surface area contributed by atoms with E-state index >= 15 is 0 Å². The summed E-state index contributed by atoms with van der Waals surface area (Å²) in [6.45, 7) is 12.9. The van der Waals surface area contributed by atoms with Crippen molar-refractivity contribution in [2.45, 2.75) is 39.3 Å². The Morgan fingerprint density at radius 1 is 1.21 bits per heavy atom. The molecular weight excluding hydrogens is 479 g/mol. The van der Waals surface area contributed by atoms with Crippen LogP contribution in [0.15, 0.2) is 29.3 Å². The maximum absolute atomic E-state index is 5.47. The van der Waals surface area contributed by atoms with Crippen molar-refractivity contribution in [1.82, 2.24) is 25.1 Å². The predicted molar refractivity (Wildman–Crippen MR) is 130 cm³/mol. The van der Waals surface area contributed by atoms with Gasteiger partial charge in [0.25, 0.3) is 0 Å². The van der Waals surface area contributed by atoms with E-state index in [4.69, 9.17) is 4.74 Å². The summed E-state index contributed by atoms with van der Waals surface area (Å²) in [6, 6.07) is 8.31. The van der Waals surface area contributed by atoms with E-state index in [2.05, 4.69) is 69.0 Å². The van der Waals surface area contributed by atoms with Crippen LogP contribution < -0.4 is 10.6 Å². The standard InChI is InChI=1S/C21H34N6O.HI/c1-17-25-18-8-5-6-9-19(18)27(17)11-7-10-23-20(22-4)24-16-21(2,3)26-12-14-28-15-13-26;/h5-6,8-9H,7,10-16H2,1-4H3,(H2,22,23,24);1H. The van der Waals surface area contributed by atoms with E-state index in [1.54, 1.807) is 0 Å². The van der Waals surface area contributed by atoms with Crippen LogP contribution in [-0.4, -0.2) is 72.4 Å². The van der Waals surface area contributed by atoms with Gasteiger partial charge in [-0.3, -0.25) is 9.89 Å². The van der Waals surface area contributed by atoms with Crippen LogP contribution in [0.5, 0.6) is 0 Å². The molecule has 1 aliphatic rings. The minimum absolute atomic E-state index is 0. The van der Waals surface area contributed by atoms with Crippen LogP contribution in [0, 0.1) is 6.92 Å². The molecule has 0 aliphatic carbocycles. The Hall–Kier alpha value is -1.39. The molecule has 1 fully saturated rings. The van der Waals surface area contributed by atoms with Crippen molar-refractivity contribution in [1.29, 1.82) is 0 Å². The number of fused-ring (bicyclic) bond motifs is 1. The van der Waals surface area contributed by atoms with Gasteiger partial charge in [-0.05, 0) is 39.3 Å². The summed E-state index contributed by atoms with van der Waals surface area (Å²) in [4.78, 5) is 11.5. The van der Waals surface area contributed by atoms with E-state index in [1.807, 2.05) is 13.1 Å².